The van der Waals surface area contributed by atoms with Gasteiger partial charge in [-0.2, -0.15) is 0 Å². The first kappa shape index (κ1) is 11.0. The summed E-state index contributed by atoms with van der Waals surface area (Å²) < 4.78 is 4.94. The number of hydrogen-bond donors (Lipinski definition) is 0. The van der Waals surface area contributed by atoms with Crippen LogP contribution in [-0.4, -0.2) is 49.4 Å². The van der Waals surface area contributed by atoms with Crippen LogP contribution in [0.25, 0.3) is 0 Å². The van der Waals surface area contributed by atoms with E-state index in [1.165, 1.54) is 12.8 Å². The van der Waals surface area contributed by atoms with Gasteiger partial charge in [-0.15, -0.1) is 0 Å². The molecule has 0 unspecified atom stereocenters. The molecule has 0 amide bonds. The number of ether oxygens (including phenoxy) is 1. The average molecular weight is 109 g/mol. The maximum absolute atomic E-state index is 4.94. The van der Waals surface area contributed by atoms with Crippen LogP contribution in [0, 0.1) is 0 Å². The molecule has 0 saturated carbocycles. The summed E-state index contributed by atoms with van der Waals surface area (Å²) in [6.45, 7) is 2.00. The van der Waals surface area contributed by atoms with Crippen molar-refractivity contribution in [2.45, 2.75) is 12.8 Å². The third-order valence-corrected chi connectivity index (χ3v) is 0.827. The normalized spacial score (nSPS) is 17.1. The van der Waals surface area contributed by atoms with Crippen LogP contribution in [-0.2, 0) is 4.74 Å². The van der Waals surface area contributed by atoms with Crippen LogP contribution in [0.5, 0.6) is 0 Å². The molecule has 37 valence electrons. The second-order valence-corrected chi connectivity index (χ2v) is 1.32. The molecule has 1 aliphatic rings. The van der Waals surface area contributed by atoms with Crippen LogP contribution < -0.4 is 0 Å². The van der Waals surface area contributed by atoms with Gasteiger partial charge in [0.05, 0.1) is 0 Å². The summed E-state index contributed by atoms with van der Waals surface area (Å²) in [5.41, 5.74) is 0. The molecule has 0 aromatic rings. The Labute approximate surface area is 67.1 Å². The molecule has 1 radical (unpaired) electrons. The average Bonchev–Trinajstić information content (AvgIpc) is 1.76. The Morgan fingerprint density at radius 2 is 1.43 bits per heavy atom. The van der Waals surface area contributed by atoms with Gasteiger partial charge in [0.1, 0.15) is 0 Å². The van der Waals surface area contributed by atoms with Crippen molar-refractivity contribution < 1.29 is 4.74 Å². The van der Waals surface area contributed by atoms with E-state index in [-0.39, 0.29) is 36.2 Å². The van der Waals surface area contributed by atoms with Crippen LogP contribution >= 0.6 is 0 Å². The Hall–Kier alpha value is 1.09. The summed E-state index contributed by atoms with van der Waals surface area (Å²) in [6, 6.07) is 0. The molecule has 0 bridgehead atoms. The predicted octanol–water partition coefficient (Wildman–Crippen LogP) is -0.768. The second kappa shape index (κ2) is 7.09. The Balaban J connectivity index is 0. The Bertz CT molecular complexity index is 23.3. The van der Waals surface area contributed by atoms with E-state index in [1.807, 2.05) is 0 Å². The molecule has 0 atom stereocenters. The van der Waals surface area contributed by atoms with Crippen LogP contribution in [0.2, 0.25) is 0 Å². The van der Waals surface area contributed by atoms with Crippen molar-refractivity contribution in [1.82, 2.24) is 0 Å². The van der Waals surface area contributed by atoms with Gasteiger partial charge in [-0.25, -0.2) is 0 Å². The monoisotopic (exact) mass is 109 g/mol. The molecule has 1 rings (SSSR count). The van der Waals surface area contributed by atoms with Crippen LogP contribution in [0.15, 0.2) is 0 Å². The zero-order valence-corrected chi connectivity index (χ0v) is 4.24. The summed E-state index contributed by atoms with van der Waals surface area (Å²) in [7, 11) is 0. The maximum Gasteiger partial charge on any atom is 0.187 e. The van der Waals surface area contributed by atoms with Gasteiger partial charge >= 0.3 is 0 Å². The van der Waals surface area contributed by atoms with Crippen LogP contribution in [0.4, 0.5) is 0 Å². The zero-order valence-electron chi connectivity index (χ0n) is 4.24. The smallest absolute Gasteiger partial charge is 0.187 e. The molecule has 1 nitrogen and oxygen atoms in total. The molecule has 0 aromatic carbocycles. The Morgan fingerprint density at radius 1 is 1.00 bits per heavy atom. The molecule has 1 aliphatic heterocycles. The van der Waals surface area contributed by atoms with Crippen molar-refractivity contribution in [1.29, 1.82) is 0 Å². The Morgan fingerprint density at radius 3 is 1.57 bits per heavy atom. The molecule has 0 N–H and O–H groups in total. The molecule has 1 saturated heterocycles. The summed E-state index contributed by atoms with van der Waals surface area (Å²) in [4.78, 5) is 0. The molecule has 1 heterocycles. The first-order valence-corrected chi connectivity index (χ1v) is 2.08. The molecule has 0 spiro atoms. The van der Waals surface area contributed by atoms with Crippen molar-refractivity contribution in [2.24, 2.45) is 0 Å². The summed E-state index contributed by atoms with van der Waals surface area (Å²) in [5, 5.41) is 0. The summed E-state index contributed by atoms with van der Waals surface area (Å²) in [6.07, 6.45) is 2.56. The molecule has 1 fully saturated rings. The zero-order chi connectivity index (χ0) is 3.54. The van der Waals surface area contributed by atoms with Gasteiger partial charge in [0, 0.05) is 32.1 Å². The van der Waals surface area contributed by atoms with Gasteiger partial charge < -0.3 is 4.74 Å². The fourth-order valence-corrected chi connectivity index (χ4v) is 0.510. The van der Waals surface area contributed by atoms with Crippen molar-refractivity contribution in [2.75, 3.05) is 13.2 Å². The van der Waals surface area contributed by atoms with Gasteiger partial charge in [-0.05, 0) is 12.8 Å². The second-order valence-electron chi connectivity index (χ2n) is 1.32. The molecule has 7 heavy (non-hydrogen) atoms. The van der Waals surface area contributed by atoms with Crippen LogP contribution in [0.1, 0.15) is 12.8 Å². The van der Waals surface area contributed by atoms with E-state index in [1.54, 1.807) is 0 Å². The van der Waals surface area contributed by atoms with E-state index in [0.717, 1.165) is 13.2 Å². The van der Waals surface area contributed by atoms with Gasteiger partial charge in [0.15, 0.2) is 17.4 Å². The topological polar surface area (TPSA) is 9.23 Å². The van der Waals surface area contributed by atoms with E-state index in [2.05, 4.69) is 0 Å². The first-order valence-electron chi connectivity index (χ1n) is 2.08. The van der Waals surface area contributed by atoms with Crippen molar-refractivity contribution in [3.63, 3.8) is 0 Å². The SMILES string of the molecule is C1CCOC1.[AlH3].[Li]. The fraction of sp³-hybridized carbons (Fsp3) is 1.00. The minimum absolute atomic E-state index is 0. The third-order valence-electron chi connectivity index (χ3n) is 0.827. The minimum Gasteiger partial charge on any atom is -0.381 e. The number of rotatable bonds is 0. The van der Waals surface area contributed by atoms with Gasteiger partial charge in [-0.3, -0.25) is 0 Å². The van der Waals surface area contributed by atoms with Crippen molar-refractivity contribution >= 4 is 36.2 Å². The van der Waals surface area contributed by atoms with Crippen molar-refractivity contribution in [3.05, 3.63) is 0 Å². The van der Waals surface area contributed by atoms with E-state index in [4.69, 9.17) is 4.74 Å². The van der Waals surface area contributed by atoms with E-state index in [9.17, 15) is 0 Å². The van der Waals surface area contributed by atoms with E-state index in [0.29, 0.717) is 0 Å². The third kappa shape index (κ3) is 4.95. The molecule has 3 heteroatoms. The summed E-state index contributed by atoms with van der Waals surface area (Å²) in [5.74, 6) is 0. The molecular formula is C4H11AlLiO. The van der Waals surface area contributed by atoms with E-state index >= 15 is 0 Å². The van der Waals surface area contributed by atoms with Gasteiger partial charge in [0.2, 0.25) is 0 Å². The fourth-order valence-electron chi connectivity index (χ4n) is 0.510. The summed E-state index contributed by atoms with van der Waals surface area (Å²) >= 11 is 0. The molecule has 0 aromatic heterocycles. The van der Waals surface area contributed by atoms with Crippen LogP contribution in [0.3, 0.4) is 0 Å². The minimum atomic E-state index is 0. The number of hydrogen-bond acceptors (Lipinski definition) is 1. The largest absolute Gasteiger partial charge is 0.381 e. The molecule has 0 aliphatic carbocycles. The Kier molecular flexibility index (Phi) is 11.1. The standard InChI is InChI=1S/C4H8O.Al.Li.3H/c1-2-4-5-3-1;;;;;/h1-4H2;;;;;. The molecular weight excluding hydrogens is 98.0 g/mol. The maximum atomic E-state index is 4.94. The van der Waals surface area contributed by atoms with Gasteiger partial charge in [0.25, 0.3) is 0 Å². The quantitative estimate of drug-likeness (QED) is 0.371. The van der Waals surface area contributed by atoms with E-state index < -0.39 is 0 Å². The first-order chi connectivity index (χ1) is 2.50. The van der Waals surface area contributed by atoms with Gasteiger partial charge in [-0.1, -0.05) is 0 Å². The predicted molar refractivity (Wildman–Crippen MR) is 35.7 cm³/mol. The van der Waals surface area contributed by atoms with Crippen molar-refractivity contribution in [3.8, 4) is 0 Å².